The number of carbonyl (C=O) groups excluding carboxylic acids is 2. The average Bonchev–Trinajstić information content (AvgIpc) is 2.58. The number of nitro benzene ring substituents is 1. The number of halogens is 1. The van der Waals surface area contributed by atoms with Crippen LogP contribution in [0.1, 0.15) is 0 Å². The number of nitrogens with zero attached hydrogens (tertiary/aromatic N) is 1. The lowest BCUT2D eigenvalue weighted by Gasteiger charge is -2.08. The van der Waals surface area contributed by atoms with E-state index in [0.717, 1.165) is 4.47 Å². The van der Waals surface area contributed by atoms with Crippen molar-refractivity contribution in [1.29, 1.82) is 0 Å². The number of nitro groups is 1. The van der Waals surface area contributed by atoms with Gasteiger partial charge < -0.3 is 14.8 Å². The normalized spacial score (nSPS) is 9.96. The Kier molecular flexibility index (Phi) is 6.47. The Bertz CT molecular complexity index is 796. The smallest absolute Gasteiger partial charge is 0.344 e. The van der Waals surface area contributed by atoms with Gasteiger partial charge in [0.15, 0.2) is 13.2 Å². The van der Waals surface area contributed by atoms with Crippen LogP contribution in [-0.4, -0.2) is 30.0 Å². The first-order valence-corrected chi connectivity index (χ1v) is 7.82. The minimum absolute atomic E-state index is 0.0268. The Labute approximate surface area is 151 Å². The summed E-state index contributed by atoms with van der Waals surface area (Å²) in [6, 6.07) is 12.5. The summed E-state index contributed by atoms with van der Waals surface area (Å²) in [6.45, 7) is -0.943. The van der Waals surface area contributed by atoms with Crippen LogP contribution in [0.2, 0.25) is 0 Å². The highest BCUT2D eigenvalue weighted by atomic mass is 79.9. The predicted octanol–water partition coefficient (Wildman–Crippen LogP) is 2.92. The molecule has 0 heterocycles. The molecule has 130 valence electrons. The summed E-state index contributed by atoms with van der Waals surface area (Å²) in [5, 5.41) is 13.2. The van der Waals surface area contributed by atoms with Crippen molar-refractivity contribution >= 4 is 39.2 Å². The van der Waals surface area contributed by atoms with Gasteiger partial charge in [-0.3, -0.25) is 14.9 Å². The van der Waals surface area contributed by atoms with Gasteiger partial charge in [0.25, 0.3) is 11.6 Å². The second kappa shape index (κ2) is 8.78. The minimum atomic E-state index is -0.738. The van der Waals surface area contributed by atoms with E-state index in [0.29, 0.717) is 5.75 Å². The third-order valence-corrected chi connectivity index (χ3v) is 3.39. The third kappa shape index (κ3) is 5.88. The summed E-state index contributed by atoms with van der Waals surface area (Å²) in [4.78, 5) is 33.6. The van der Waals surface area contributed by atoms with E-state index in [9.17, 15) is 19.7 Å². The second-order valence-corrected chi connectivity index (χ2v) is 5.64. The molecule has 9 heteroatoms. The molecule has 0 fully saturated rings. The van der Waals surface area contributed by atoms with Crippen molar-refractivity contribution in [2.45, 2.75) is 0 Å². The van der Waals surface area contributed by atoms with Crippen LogP contribution in [-0.2, 0) is 14.3 Å². The Morgan fingerprint density at radius 1 is 1.12 bits per heavy atom. The molecule has 0 unspecified atom stereocenters. The molecule has 0 radical (unpaired) electrons. The third-order valence-electron chi connectivity index (χ3n) is 2.89. The van der Waals surface area contributed by atoms with Crippen molar-refractivity contribution in [3.8, 4) is 5.75 Å². The highest BCUT2D eigenvalue weighted by Crippen LogP contribution is 2.23. The first-order valence-electron chi connectivity index (χ1n) is 7.03. The topological polar surface area (TPSA) is 108 Å². The number of ether oxygens (including phenoxy) is 2. The fourth-order valence-corrected chi connectivity index (χ4v) is 2.19. The number of hydrogen-bond donors (Lipinski definition) is 1. The number of para-hydroxylation sites is 2. The van der Waals surface area contributed by atoms with E-state index in [1.165, 1.54) is 18.2 Å². The van der Waals surface area contributed by atoms with Gasteiger partial charge in [-0.2, -0.15) is 0 Å². The van der Waals surface area contributed by atoms with Gasteiger partial charge in [0.05, 0.1) is 4.92 Å². The van der Waals surface area contributed by atoms with E-state index >= 15 is 0 Å². The van der Waals surface area contributed by atoms with E-state index in [-0.39, 0.29) is 18.0 Å². The Morgan fingerprint density at radius 3 is 2.60 bits per heavy atom. The Balaban J connectivity index is 1.80. The Hall–Kier alpha value is -2.94. The maximum absolute atomic E-state index is 11.8. The van der Waals surface area contributed by atoms with Crippen LogP contribution in [0.3, 0.4) is 0 Å². The summed E-state index contributed by atoms with van der Waals surface area (Å²) in [7, 11) is 0. The van der Waals surface area contributed by atoms with Crippen LogP contribution in [0, 0.1) is 10.1 Å². The largest absolute Gasteiger partial charge is 0.482 e. The van der Waals surface area contributed by atoms with Crippen LogP contribution < -0.4 is 10.1 Å². The summed E-state index contributed by atoms with van der Waals surface area (Å²) in [6.07, 6.45) is 0. The highest BCUT2D eigenvalue weighted by Gasteiger charge is 2.15. The minimum Gasteiger partial charge on any atom is -0.482 e. The van der Waals surface area contributed by atoms with Crippen molar-refractivity contribution in [1.82, 2.24) is 0 Å². The summed E-state index contributed by atoms with van der Waals surface area (Å²) >= 11 is 3.27. The van der Waals surface area contributed by atoms with E-state index < -0.39 is 23.4 Å². The number of benzene rings is 2. The van der Waals surface area contributed by atoms with Gasteiger partial charge in [0.2, 0.25) is 0 Å². The van der Waals surface area contributed by atoms with Gasteiger partial charge in [-0.25, -0.2) is 4.79 Å². The number of anilines is 1. The fourth-order valence-electron chi connectivity index (χ4n) is 1.81. The molecule has 0 spiro atoms. The molecule has 0 bridgehead atoms. The molecule has 0 atom stereocenters. The summed E-state index contributed by atoms with van der Waals surface area (Å²) in [5.41, 5.74) is -0.223. The fraction of sp³-hybridized carbons (Fsp3) is 0.125. The van der Waals surface area contributed by atoms with Crippen molar-refractivity contribution in [2.24, 2.45) is 0 Å². The Morgan fingerprint density at radius 2 is 1.88 bits per heavy atom. The number of hydrogen-bond acceptors (Lipinski definition) is 6. The van der Waals surface area contributed by atoms with E-state index in [4.69, 9.17) is 9.47 Å². The molecule has 8 nitrogen and oxygen atoms in total. The maximum atomic E-state index is 11.8. The van der Waals surface area contributed by atoms with E-state index in [2.05, 4.69) is 21.2 Å². The van der Waals surface area contributed by atoms with E-state index in [1.807, 2.05) is 0 Å². The molecule has 0 saturated carbocycles. The van der Waals surface area contributed by atoms with E-state index in [1.54, 1.807) is 30.3 Å². The lowest BCUT2D eigenvalue weighted by atomic mass is 10.2. The van der Waals surface area contributed by atoms with Gasteiger partial charge in [0.1, 0.15) is 11.4 Å². The van der Waals surface area contributed by atoms with Crippen LogP contribution in [0.25, 0.3) is 0 Å². The molecule has 0 aromatic heterocycles. The second-order valence-electron chi connectivity index (χ2n) is 4.73. The van der Waals surface area contributed by atoms with Crippen molar-refractivity contribution in [2.75, 3.05) is 18.5 Å². The van der Waals surface area contributed by atoms with Crippen LogP contribution in [0.5, 0.6) is 5.75 Å². The zero-order valence-corrected chi connectivity index (χ0v) is 14.4. The first-order chi connectivity index (χ1) is 12.0. The molecular weight excluding hydrogens is 396 g/mol. The quantitative estimate of drug-likeness (QED) is 0.428. The van der Waals surface area contributed by atoms with Crippen molar-refractivity contribution < 1.29 is 24.0 Å². The molecule has 0 saturated heterocycles. The van der Waals surface area contributed by atoms with Crippen LogP contribution >= 0.6 is 15.9 Å². The van der Waals surface area contributed by atoms with Crippen LogP contribution in [0.15, 0.2) is 53.0 Å². The first kappa shape index (κ1) is 18.4. The molecule has 1 N–H and O–H groups in total. The summed E-state index contributed by atoms with van der Waals surface area (Å²) in [5.74, 6) is -0.960. The molecule has 0 aliphatic heterocycles. The van der Waals surface area contributed by atoms with Crippen molar-refractivity contribution in [3.63, 3.8) is 0 Å². The molecule has 1 amide bonds. The molecule has 2 rings (SSSR count). The average molecular weight is 409 g/mol. The standard InChI is InChI=1S/C16H13BrN2O6/c17-11-4-3-5-12(8-11)24-10-16(21)25-9-15(20)18-13-6-1-2-7-14(13)19(22)23/h1-8H,9-10H2,(H,18,20). The van der Waals surface area contributed by atoms with Gasteiger partial charge in [-0.15, -0.1) is 0 Å². The SMILES string of the molecule is O=C(COC(=O)COc1cccc(Br)c1)Nc1ccccc1[N+](=O)[O-]. The number of nitrogens with one attached hydrogen (secondary N) is 1. The monoisotopic (exact) mass is 408 g/mol. The lowest BCUT2D eigenvalue weighted by molar-refractivity contribution is -0.383. The molecular formula is C16H13BrN2O6. The number of esters is 1. The van der Waals surface area contributed by atoms with Crippen molar-refractivity contribution in [3.05, 3.63) is 63.1 Å². The van der Waals surface area contributed by atoms with Crippen LogP contribution in [0.4, 0.5) is 11.4 Å². The zero-order chi connectivity index (χ0) is 18.2. The van der Waals surface area contributed by atoms with Gasteiger partial charge in [-0.1, -0.05) is 34.1 Å². The molecule has 0 aliphatic rings. The van der Waals surface area contributed by atoms with Gasteiger partial charge in [0, 0.05) is 10.5 Å². The lowest BCUT2D eigenvalue weighted by Crippen LogP contribution is -2.24. The number of amides is 1. The maximum Gasteiger partial charge on any atom is 0.344 e. The van der Waals surface area contributed by atoms with Gasteiger partial charge >= 0.3 is 5.97 Å². The van der Waals surface area contributed by atoms with Gasteiger partial charge in [-0.05, 0) is 24.3 Å². The number of carbonyl (C=O) groups is 2. The predicted molar refractivity (Wildman–Crippen MR) is 92.3 cm³/mol. The molecule has 2 aromatic carbocycles. The molecule has 0 aliphatic carbocycles. The molecule has 2 aromatic rings. The summed E-state index contributed by atoms with van der Waals surface area (Å²) < 4.78 is 10.8. The zero-order valence-electron chi connectivity index (χ0n) is 12.8. The highest BCUT2D eigenvalue weighted by molar-refractivity contribution is 9.10. The molecule has 25 heavy (non-hydrogen) atoms. The number of rotatable bonds is 7.